The van der Waals surface area contributed by atoms with Crippen LogP contribution in [0, 0.1) is 5.92 Å². The summed E-state index contributed by atoms with van der Waals surface area (Å²) in [6.07, 6.45) is 0.542. The molecule has 2 heterocycles. The molecular weight excluding hydrogens is 264 g/mol. The summed E-state index contributed by atoms with van der Waals surface area (Å²) in [5.41, 5.74) is 0. The minimum atomic E-state index is -0.909. The molecule has 0 bridgehead atoms. The Morgan fingerprint density at radius 3 is 2.60 bits per heavy atom. The summed E-state index contributed by atoms with van der Waals surface area (Å²) in [6, 6.07) is -0.609. The molecule has 2 atom stereocenters. The zero-order valence-corrected chi connectivity index (χ0v) is 11.6. The molecule has 2 aliphatic heterocycles. The molecule has 7 heteroatoms. The van der Waals surface area contributed by atoms with Crippen molar-refractivity contribution in [2.75, 3.05) is 32.8 Å². The van der Waals surface area contributed by atoms with E-state index in [0.29, 0.717) is 32.7 Å². The molecule has 20 heavy (non-hydrogen) atoms. The number of aliphatic carboxylic acids is 1. The van der Waals surface area contributed by atoms with Crippen molar-refractivity contribution < 1.29 is 24.2 Å². The van der Waals surface area contributed by atoms with E-state index in [1.807, 2.05) is 0 Å². The summed E-state index contributed by atoms with van der Waals surface area (Å²) >= 11 is 0. The van der Waals surface area contributed by atoms with Crippen molar-refractivity contribution in [2.24, 2.45) is 5.92 Å². The van der Waals surface area contributed by atoms with Gasteiger partial charge in [-0.25, -0.2) is 0 Å². The van der Waals surface area contributed by atoms with Crippen LogP contribution in [0.25, 0.3) is 0 Å². The van der Waals surface area contributed by atoms with Crippen molar-refractivity contribution in [2.45, 2.75) is 25.8 Å². The fourth-order valence-electron chi connectivity index (χ4n) is 2.63. The minimum Gasteiger partial charge on any atom is -0.481 e. The van der Waals surface area contributed by atoms with Gasteiger partial charge in [0.05, 0.1) is 19.1 Å². The van der Waals surface area contributed by atoms with Crippen LogP contribution >= 0.6 is 0 Å². The van der Waals surface area contributed by atoms with Gasteiger partial charge in [0.25, 0.3) is 0 Å². The molecule has 0 aliphatic carbocycles. The number of carboxylic acids is 1. The summed E-state index contributed by atoms with van der Waals surface area (Å²) in [5.74, 6) is -1.76. The van der Waals surface area contributed by atoms with Crippen LogP contribution in [-0.2, 0) is 19.1 Å². The number of carboxylic acid groups (broad SMARTS) is 1. The Morgan fingerprint density at radius 2 is 2.00 bits per heavy atom. The molecule has 0 aromatic carbocycles. The van der Waals surface area contributed by atoms with Crippen molar-refractivity contribution in [3.63, 3.8) is 0 Å². The van der Waals surface area contributed by atoms with Gasteiger partial charge in [0.2, 0.25) is 11.8 Å². The van der Waals surface area contributed by atoms with Gasteiger partial charge in [-0.3, -0.25) is 14.4 Å². The van der Waals surface area contributed by atoms with E-state index in [4.69, 9.17) is 9.84 Å². The molecule has 0 aromatic heterocycles. The lowest BCUT2D eigenvalue weighted by molar-refractivity contribution is -0.154. The third-order valence-electron chi connectivity index (χ3n) is 3.94. The highest BCUT2D eigenvalue weighted by atomic mass is 16.5. The molecule has 0 radical (unpaired) electrons. The van der Waals surface area contributed by atoms with Crippen LogP contribution in [0.3, 0.4) is 0 Å². The molecule has 2 amide bonds. The van der Waals surface area contributed by atoms with Crippen LogP contribution in [-0.4, -0.2) is 71.6 Å². The topological polar surface area (TPSA) is 87.2 Å². The Labute approximate surface area is 117 Å². The van der Waals surface area contributed by atoms with Gasteiger partial charge in [-0.1, -0.05) is 0 Å². The number of nitrogens with zero attached hydrogens (tertiary/aromatic N) is 2. The molecule has 2 rings (SSSR count). The number of rotatable bonds is 3. The number of carbonyl (C=O) groups is 3. The van der Waals surface area contributed by atoms with Crippen molar-refractivity contribution in [1.82, 2.24) is 9.80 Å². The van der Waals surface area contributed by atoms with Crippen LogP contribution in [0.15, 0.2) is 0 Å². The number of morpholine rings is 1. The highest BCUT2D eigenvalue weighted by molar-refractivity contribution is 5.88. The summed E-state index contributed by atoms with van der Waals surface area (Å²) in [5, 5.41) is 9.06. The maximum absolute atomic E-state index is 12.3. The summed E-state index contributed by atoms with van der Waals surface area (Å²) in [7, 11) is 0. The average Bonchev–Trinajstić information content (AvgIpc) is 2.47. The predicted molar refractivity (Wildman–Crippen MR) is 68.9 cm³/mol. The van der Waals surface area contributed by atoms with E-state index in [1.54, 1.807) is 11.8 Å². The van der Waals surface area contributed by atoms with Crippen LogP contribution in [0.1, 0.15) is 19.8 Å². The number of likely N-dealkylation sites (tertiary alicyclic amines) is 1. The van der Waals surface area contributed by atoms with Gasteiger partial charge in [-0.05, 0) is 13.3 Å². The second-order valence-corrected chi connectivity index (χ2v) is 5.23. The summed E-state index contributed by atoms with van der Waals surface area (Å²) in [4.78, 5) is 38.4. The monoisotopic (exact) mass is 284 g/mol. The van der Waals surface area contributed by atoms with E-state index in [0.717, 1.165) is 0 Å². The highest BCUT2D eigenvalue weighted by Crippen LogP contribution is 2.21. The van der Waals surface area contributed by atoms with Crippen LogP contribution < -0.4 is 0 Å². The highest BCUT2D eigenvalue weighted by Gasteiger charge is 2.36. The zero-order chi connectivity index (χ0) is 14.7. The number of hydrogen-bond acceptors (Lipinski definition) is 4. The van der Waals surface area contributed by atoms with E-state index in [-0.39, 0.29) is 24.8 Å². The molecular formula is C13H20N2O5. The molecule has 2 aliphatic rings. The van der Waals surface area contributed by atoms with Gasteiger partial charge < -0.3 is 19.6 Å². The van der Waals surface area contributed by atoms with E-state index in [9.17, 15) is 14.4 Å². The molecule has 0 spiro atoms. The normalized spacial score (nSPS) is 25.4. The number of ether oxygens (including phenoxy) is 1. The molecule has 1 N–H and O–H groups in total. The first kappa shape index (κ1) is 14.8. The average molecular weight is 284 g/mol. The smallest absolute Gasteiger partial charge is 0.308 e. The van der Waals surface area contributed by atoms with E-state index in [2.05, 4.69) is 0 Å². The van der Waals surface area contributed by atoms with Gasteiger partial charge in [-0.2, -0.15) is 0 Å². The third kappa shape index (κ3) is 3.09. The lowest BCUT2D eigenvalue weighted by Gasteiger charge is -2.37. The Morgan fingerprint density at radius 1 is 1.35 bits per heavy atom. The molecule has 2 fully saturated rings. The molecule has 2 unspecified atom stereocenters. The van der Waals surface area contributed by atoms with Gasteiger partial charge in [0.15, 0.2) is 0 Å². The van der Waals surface area contributed by atoms with Gasteiger partial charge in [0, 0.05) is 26.1 Å². The molecule has 0 saturated carbocycles. The lowest BCUT2D eigenvalue weighted by Crippen LogP contribution is -2.55. The maximum Gasteiger partial charge on any atom is 0.308 e. The van der Waals surface area contributed by atoms with Crippen LogP contribution in [0.5, 0.6) is 0 Å². The Hall–Kier alpha value is -1.63. The van der Waals surface area contributed by atoms with Crippen molar-refractivity contribution >= 4 is 17.8 Å². The Bertz CT molecular complexity index is 406. The SMILES string of the molecule is CC(C(=O)N1CCOCC1)N1CC(C(=O)O)CCC1=O. The summed E-state index contributed by atoms with van der Waals surface area (Å²) in [6.45, 7) is 3.83. The summed E-state index contributed by atoms with van der Waals surface area (Å²) < 4.78 is 5.19. The second kappa shape index (κ2) is 6.21. The number of hydrogen-bond donors (Lipinski definition) is 1. The number of piperidine rings is 1. The van der Waals surface area contributed by atoms with Crippen LogP contribution in [0.4, 0.5) is 0 Å². The van der Waals surface area contributed by atoms with Crippen LogP contribution in [0.2, 0.25) is 0 Å². The Balaban J connectivity index is 2.01. The third-order valence-corrected chi connectivity index (χ3v) is 3.94. The van der Waals surface area contributed by atoms with Gasteiger partial charge in [0.1, 0.15) is 6.04 Å². The quantitative estimate of drug-likeness (QED) is 0.759. The minimum absolute atomic E-state index is 0.116. The molecule has 7 nitrogen and oxygen atoms in total. The first-order valence-electron chi connectivity index (χ1n) is 6.89. The number of carbonyl (C=O) groups excluding carboxylic acids is 2. The predicted octanol–water partition coefficient (Wildman–Crippen LogP) is -0.443. The zero-order valence-electron chi connectivity index (χ0n) is 11.6. The van der Waals surface area contributed by atoms with Gasteiger partial charge >= 0.3 is 5.97 Å². The molecule has 0 aromatic rings. The first-order valence-corrected chi connectivity index (χ1v) is 6.89. The van der Waals surface area contributed by atoms with Crippen molar-refractivity contribution in [3.8, 4) is 0 Å². The van der Waals surface area contributed by atoms with E-state index in [1.165, 1.54) is 4.90 Å². The standard InChI is InChI=1S/C13H20N2O5/c1-9(12(17)14-4-6-20-7-5-14)15-8-10(13(18)19)2-3-11(15)16/h9-10H,2-8H2,1H3,(H,18,19). The fraction of sp³-hybridized carbons (Fsp3) is 0.769. The van der Waals surface area contributed by atoms with E-state index < -0.39 is 17.9 Å². The van der Waals surface area contributed by atoms with Gasteiger partial charge in [-0.15, -0.1) is 0 Å². The Kier molecular flexibility index (Phi) is 4.59. The second-order valence-electron chi connectivity index (χ2n) is 5.23. The van der Waals surface area contributed by atoms with E-state index >= 15 is 0 Å². The maximum atomic E-state index is 12.3. The molecule has 2 saturated heterocycles. The first-order chi connectivity index (χ1) is 9.50. The largest absolute Gasteiger partial charge is 0.481 e. The fourth-order valence-corrected chi connectivity index (χ4v) is 2.63. The molecule has 112 valence electrons. The number of amides is 2. The lowest BCUT2D eigenvalue weighted by atomic mass is 9.96. The van der Waals surface area contributed by atoms with Crippen molar-refractivity contribution in [3.05, 3.63) is 0 Å². The van der Waals surface area contributed by atoms with Crippen molar-refractivity contribution in [1.29, 1.82) is 0 Å².